The Labute approximate surface area is 118 Å². The summed E-state index contributed by atoms with van der Waals surface area (Å²) in [5, 5.41) is 0. The SMILES string of the molecule is CCC(CC(=O)N1CCCCC1CN)C(C)C.Cl. The van der Waals surface area contributed by atoms with Crippen molar-refractivity contribution < 1.29 is 4.79 Å². The first kappa shape index (κ1) is 17.7. The first-order chi connectivity index (χ1) is 8.10. The molecule has 0 aromatic heterocycles. The number of nitrogens with two attached hydrogens (primary N) is 1. The molecule has 1 amide bonds. The van der Waals surface area contributed by atoms with Gasteiger partial charge in [0, 0.05) is 25.6 Å². The lowest BCUT2D eigenvalue weighted by Gasteiger charge is -2.36. The molecule has 0 aromatic rings. The van der Waals surface area contributed by atoms with Gasteiger partial charge in [0.2, 0.25) is 5.91 Å². The van der Waals surface area contributed by atoms with Crippen LogP contribution < -0.4 is 5.73 Å². The Morgan fingerprint density at radius 1 is 1.39 bits per heavy atom. The second kappa shape index (κ2) is 8.76. The quantitative estimate of drug-likeness (QED) is 0.839. The number of hydrogen-bond acceptors (Lipinski definition) is 2. The number of hydrogen-bond donors (Lipinski definition) is 1. The van der Waals surface area contributed by atoms with E-state index in [0.717, 1.165) is 25.8 Å². The van der Waals surface area contributed by atoms with Crippen LogP contribution in [0.5, 0.6) is 0 Å². The zero-order valence-electron chi connectivity index (χ0n) is 12.0. The van der Waals surface area contributed by atoms with Crippen molar-refractivity contribution in [1.82, 2.24) is 4.90 Å². The van der Waals surface area contributed by atoms with Gasteiger partial charge in [-0.25, -0.2) is 0 Å². The first-order valence-electron chi connectivity index (χ1n) is 7.09. The molecule has 1 fully saturated rings. The van der Waals surface area contributed by atoms with Gasteiger partial charge < -0.3 is 10.6 Å². The van der Waals surface area contributed by atoms with Crippen LogP contribution in [0, 0.1) is 11.8 Å². The Morgan fingerprint density at radius 3 is 2.56 bits per heavy atom. The number of carbonyl (C=O) groups is 1. The van der Waals surface area contributed by atoms with Crippen LogP contribution in [0.25, 0.3) is 0 Å². The van der Waals surface area contributed by atoms with Crippen molar-refractivity contribution in [2.45, 2.75) is 58.9 Å². The van der Waals surface area contributed by atoms with Gasteiger partial charge in [0.05, 0.1) is 0 Å². The Bertz CT molecular complexity index is 246. The predicted octanol–water partition coefficient (Wildman–Crippen LogP) is 2.82. The van der Waals surface area contributed by atoms with Crippen LogP contribution in [-0.2, 0) is 4.79 Å². The zero-order chi connectivity index (χ0) is 12.8. The van der Waals surface area contributed by atoms with Crippen LogP contribution >= 0.6 is 12.4 Å². The lowest BCUT2D eigenvalue weighted by atomic mass is 9.89. The van der Waals surface area contributed by atoms with Gasteiger partial charge in [0.25, 0.3) is 0 Å². The second-order valence-corrected chi connectivity index (χ2v) is 5.59. The van der Waals surface area contributed by atoms with E-state index in [2.05, 4.69) is 20.8 Å². The summed E-state index contributed by atoms with van der Waals surface area (Å²) in [6.45, 7) is 8.12. The molecule has 0 aromatic carbocycles. The van der Waals surface area contributed by atoms with Crippen molar-refractivity contribution in [2.24, 2.45) is 17.6 Å². The van der Waals surface area contributed by atoms with E-state index in [0.29, 0.717) is 36.8 Å². The van der Waals surface area contributed by atoms with Gasteiger partial charge in [-0.2, -0.15) is 0 Å². The van der Waals surface area contributed by atoms with E-state index in [1.165, 1.54) is 6.42 Å². The molecule has 108 valence electrons. The fraction of sp³-hybridized carbons (Fsp3) is 0.929. The molecule has 3 nitrogen and oxygen atoms in total. The Hall–Kier alpha value is -0.280. The largest absolute Gasteiger partial charge is 0.338 e. The number of rotatable bonds is 5. The summed E-state index contributed by atoms with van der Waals surface area (Å²) in [6, 6.07) is 0.293. The van der Waals surface area contributed by atoms with E-state index in [1.54, 1.807) is 0 Å². The van der Waals surface area contributed by atoms with Crippen LogP contribution in [0.3, 0.4) is 0 Å². The number of likely N-dealkylation sites (tertiary alicyclic amines) is 1. The van der Waals surface area contributed by atoms with Crippen molar-refractivity contribution in [3.63, 3.8) is 0 Å². The third kappa shape index (κ3) is 4.77. The molecule has 1 rings (SSSR count). The van der Waals surface area contributed by atoms with E-state index in [-0.39, 0.29) is 12.4 Å². The number of piperidine rings is 1. The van der Waals surface area contributed by atoms with Gasteiger partial charge in [-0.15, -0.1) is 12.4 Å². The molecule has 2 unspecified atom stereocenters. The molecule has 1 aliphatic heterocycles. The third-order valence-electron chi connectivity index (χ3n) is 4.12. The fourth-order valence-corrected chi connectivity index (χ4v) is 2.77. The first-order valence-corrected chi connectivity index (χ1v) is 7.09. The van der Waals surface area contributed by atoms with Crippen LogP contribution in [0.4, 0.5) is 0 Å². The summed E-state index contributed by atoms with van der Waals surface area (Å²) < 4.78 is 0. The van der Waals surface area contributed by atoms with Crippen LogP contribution in [0.1, 0.15) is 52.9 Å². The van der Waals surface area contributed by atoms with Gasteiger partial charge in [0.1, 0.15) is 0 Å². The van der Waals surface area contributed by atoms with E-state index in [4.69, 9.17) is 5.73 Å². The molecule has 1 saturated heterocycles. The summed E-state index contributed by atoms with van der Waals surface area (Å²) in [7, 11) is 0. The van der Waals surface area contributed by atoms with Crippen molar-refractivity contribution >= 4 is 18.3 Å². The standard InChI is InChI=1S/C14H28N2O.ClH/c1-4-12(11(2)3)9-14(17)16-8-6-5-7-13(16)10-15;/h11-13H,4-10,15H2,1-3H3;1H. The fourth-order valence-electron chi connectivity index (χ4n) is 2.77. The van der Waals surface area contributed by atoms with E-state index in [1.807, 2.05) is 4.90 Å². The summed E-state index contributed by atoms with van der Waals surface area (Å²) in [6.07, 6.45) is 5.23. The molecule has 0 aliphatic carbocycles. The Kier molecular flexibility index (Phi) is 8.62. The molecule has 18 heavy (non-hydrogen) atoms. The third-order valence-corrected chi connectivity index (χ3v) is 4.12. The van der Waals surface area contributed by atoms with Gasteiger partial charge in [-0.3, -0.25) is 4.79 Å². The molecule has 0 bridgehead atoms. The summed E-state index contributed by atoms with van der Waals surface area (Å²) >= 11 is 0. The highest BCUT2D eigenvalue weighted by Crippen LogP contribution is 2.23. The average Bonchev–Trinajstić information content (AvgIpc) is 2.35. The van der Waals surface area contributed by atoms with E-state index < -0.39 is 0 Å². The molecular formula is C14H29ClN2O. The highest BCUT2D eigenvalue weighted by molar-refractivity contribution is 5.85. The van der Waals surface area contributed by atoms with Crippen molar-refractivity contribution in [2.75, 3.05) is 13.1 Å². The lowest BCUT2D eigenvalue weighted by Crippen LogP contribution is -2.48. The van der Waals surface area contributed by atoms with Crippen LogP contribution in [0.15, 0.2) is 0 Å². The highest BCUT2D eigenvalue weighted by atomic mass is 35.5. The number of carbonyl (C=O) groups excluding carboxylic acids is 1. The van der Waals surface area contributed by atoms with E-state index in [9.17, 15) is 4.79 Å². The van der Waals surface area contributed by atoms with Crippen molar-refractivity contribution in [3.8, 4) is 0 Å². The monoisotopic (exact) mass is 276 g/mol. The molecule has 2 atom stereocenters. The smallest absolute Gasteiger partial charge is 0.223 e. The molecule has 4 heteroatoms. The summed E-state index contributed by atoms with van der Waals surface area (Å²) in [5.41, 5.74) is 5.76. The minimum absolute atomic E-state index is 0. The molecule has 0 saturated carbocycles. The maximum atomic E-state index is 12.3. The maximum Gasteiger partial charge on any atom is 0.223 e. The van der Waals surface area contributed by atoms with Crippen LogP contribution in [-0.4, -0.2) is 29.9 Å². The van der Waals surface area contributed by atoms with Gasteiger partial charge in [-0.1, -0.05) is 27.2 Å². The Balaban J connectivity index is 0.00000289. The normalized spacial score (nSPS) is 21.6. The highest BCUT2D eigenvalue weighted by Gasteiger charge is 2.27. The molecule has 1 aliphatic rings. The summed E-state index contributed by atoms with van der Waals surface area (Å²) in [4.78, 5) is 14.3. The predicted molar refractivity (Wildman–Crippen MR) is 78.9 cm³/mol. The van der Waals surface area contributed by atoms with Crippen molar-refractivity contribution in [1.29, 1.82) is 0 Å². The number of halogens is 1. The minimum atomic E-state index is 0. The second-order valence-electron chi connectivity index (χ2n) is 5.59. The van der Waals surface area contributed by atoms with Gasteiger partial charge >= 0.3 is 0 Å². The average molecular weight is 277 g/mol. The Morgan fingerprint density at radius 2 is 2.06 bits per heavy atom. The van der Waals surface area contributed by atoms with Crippen LogP contribution in [0.2, 0.25) is 0 Å². The number of amides is 1. The molecule has 1 heterocycles. The molecule has 0 spiro atoms. The van der Waals surface area contributed by atoms with Gasteiger partial charge in [-0.05, 0) is 31.1 Å². The zero-order valence-corrected chi connectivity index (χ0v) is 12.8. The van der Waals surface area contributed by atoms with E-state index >= 15 is 0 Å². The lowest BCUT2D eigenvalue weighted by molar-refractivity contribution is -0.136. The molecule has 2 N–H and O–H groups in total. The van der Waals surface area contributed by atoms with Crippen molar-refractivity contribution in [3.05, 3.63) is 0 Å². The molecule has 0 radical (unpaired) electrons. The summed E-state index contributed by atoms with van der Waals surface area (Å²) in [5.74, 6) is 1.42. The maximum absolute atomic E-state index is 12.3. The molecular weight excluding hydrogens is 248 g/mol. The topological polar surface area (TPSA) is 46.3 Å². The number of nitrogens with zero attached hydrogens (tertiary/aromatic N) is 1. The van der Waals surface area contributed by atoms with Gasteiger partial charge in [0.15, 0.2) is 0 Å². The minimum Gasteiger partial charge on any atom is -0.338 e.